The maximum absolute atomic E-state index is 11.0. The van der Waals surface area contributed by atoms with Gasteiger partial charge in [0.2, 0.25) is 0 Å². The van der Waals surface area contributed by atoms with Gasteiger partial charge in [0.15, 0.2) is 0 Å². The van der Waals surface area contributed by atoms with Gasteiger partial charge < -0.3 is 5.11 Å². The molecule has 0 aliphatic heterocycles. The molecular weight excluding hydrogens is 208 g/mol. The van der Waals surface area contributed by atoms with E-state index >= 15 is 0 Å². The molecule has 1 aromatic rings. The molecule has 1 aliphatic carbocycles. The molecule has 1 aliphatic rings. The Balaban J connectivity index is 2.44. The molecule has 2 rings (SSSR count). The van der Waals surface area contributed by atoms with Crippen molar-refractivity contribution in [2.45, 2.75) is 58.0 Å². The van der Waals surface area contributed by atoms with Crippen LogP contribution in [0.25, 0.3) is 0 Å². The van der Waals surface area contributed by atoms with E-state index in [0.29, 0.717) is 11.8 Å². The molecule has 17 heavy (non-hydrogen) atoms. The molecule has 0 heterocycles. The van der Waals surface area contributed by atoms with Crippen LogP contribution in [0.5, 0.6) is 0 Å². The first-order chi connectivity index (χ1) is 8.05. The van der Waals surface area contributed by atoms with Crippen LogP contribution in [-0.4, -0.2) is 5.11 Å². The van der Waals surface area contributed by atoms with Crippen molar-refractivity contribution in [3.05, 3.63) is 35.4 Å². The Morgan fingerprint density at radius 1 is 1.24 bits per heavy atom. The minimum absolute atomic E-state index is 0.371. The van der Waals surface area contributed by atoms with Crippen molar-refractivity contribution in [1.29, 1.82) is 0 Å². The fourth-order valence-electron chi connectivity index (χ4n) is 3.13. The third-order valence-corrected chi connectivity index (χ3v) is 4.31. The van der Waals surface area contributed by atoms with Crippen molar-refractivity contribution in [3.63, 3.8) is 0 Å². The fraction of sp³-hybridized carbons (Fsp3) is 0.625. The normalized spacial score (nSPS) is 29.6. The molecule has 94 valence electrons. The monoisotopic (exact) mass is 232 g/mol. The van der Waals surface area contributed by atoms with E-state index < -0.39 is 5.60 Å². The lowest BCUT2D eigenvalue weighted by Crippen LogP contribution is -2.37. The molecule has 0 spiro atoms. The number of benzene rings is 1. The van der Waals surface area contributed by atoms with Gasteiger partial charge in [0, 0.05) is 0 Å². The fourth-order valence-corrected chi connectivity index (χ4v) is 3.13. The van der Waals surface area contributed by atoms with Crippen molar-refractivity contribution in [2.24, 2.45) is 5.92 Å². The van der Waals surface area contributed by atoms with Crippen molar-refractivity contribution < 1.29 is 5.11 Å². The molecule has 1 nitrogen and oxygen atoms in total. The SMILES string of the molecule is CC(C)c1ccccc1[C@]1(O)CCCC[C@H]1C. The van der Waals surface area contributed by atoms with Crippen molar-refractivity contribution >= 4 is 0 Å². The highest BCUT2D eigenvalue weighted by Crippen LogP contribution is 2.43. The zero-order valence-corrected chi connectivity index (χ0v) is 11.2. The second kappa shape index (κ2) is 4.81. The number of rotatable bonds is 2. The Hall–Kier alpha value is -0.820. The van der Waals surface area contributed by atoms with Crippen LogP contribution in [0, 0.1) is 5.92 Å². The van der Waals surface area contributed by atoms with Gasteiger partial charge in [0.25, 0.3) is 0 Å². The minimum atomic E-state index is -0.598. The standard InChI is InChI=1S/C16H24O/c1-12(2)14-9-4-5-10-15(14)16(17)11-7-6-8-13(16)3/h4-5,9-10,12-13,17H,6-8,11H2,1-3H3/t13-,16+/m1/s1. The van der Waals surface area contributed by atoms with Crippen molar-refractivity contribution in [1.82, 2.24) is 0 Å². The summed E-state index contributed by atoms with van der Waals surface area (Å²) in [6, 6.07) is 8.42. The number of hydrogen-bond donors (Lipinski definition) is 1. The lowest BCUT2D eigenvalue weighted by atomic mass is 9.70. The Morgan fingerprint density at radius 2 is 1.94 bits per heavy atom. The van der Waals surface area contributed by atoms with E-state index in [9.17, 15) is 5.11 Å². The van der Waals surface area contributed by atoms with Gasteiger partial charge in [0.1, 0.15) is 0 Å². The first kappa shape index (κ1) is 12.6. The van der Waals surface area contributed by atoms with Crippen molar-refractivity contribution in [3.8, 4) is 0 Å². The smallest absolute Gasteiger partial charge is 0.0924 e. The Bertz CT molecular complexity index is 383. The van der Waals surface area contributed by atoms with Gasteiger partial charge in [-0.15, -0.1) is 0 Å². The van der Waals surface area contributed by atoms with Crippen LogP contribution in [-0.2, 0) is 5.60 Å². The topological polar surface area (TPSA) is 20.2 Å². The molecule has 0 saturated heterocycles. The van der Waals surface area contributed by atoms with Gasteiger partial charge in [0.05, 0.1) is 5.60 Å². The summed E-state index contributed by atoms with van der Waals surface area (Å²) in [5.41, 5.74) is 1.88. The predicted molar refractivity (Wildman–Crippen MR) is 72.1 cm³/mol. The molecule has 1 fully saturated rings. The average molecular weight is 232 g/mol. The summed E-state index contributed by atoms with van der Waals surface area (Å²) in [6.45, 7) is 6.60. The Kier molecular flexibility index (Phi) is 3.58. The maximum Gasteiger partial charge on any atom is 0.0924 e. The molecule has 0 unspecified atom stereocenters. The second-order valence-corrected chi connectivity index (χ2v) is 5.81. The van der Waals surface area contributed by atoms with Crippen LogP contribution in [0.15, 0.2) is 24.3 Å². The van der Waals surface area contributed by atoms with E-state index in [-0.39, 0.29) is 0 Å². The molecule has 0 bridgehead atoms. The van der Waals surface area contributed by atoms with Gasteiger partial charge in [-0.1, -0.05) is 57.9 Å². The largest absolute Gasteiger partial charge is 0.385 e. The summed E-state index contributed by atoms with van der Waals surface area (Å²) in [5.74, 6) is 0.848. The molecule has 1 aromatic carbocycles. The highest BCUT2D eigenvalue weighted by molar-refractivity contribution is 5.35. The zero-order valence-electron chi connectivity index (χ0n) is 11.2. The van der Waals surface area contributed by atoms with E-state index in [4.69, 9.17) is 0 Å². The molecular formula is C16H24O. The Morgan fingerprint density at radius 3 is 2.59 bits per heavy atom. The lowest BCUT2D eigenvalue weighted by molar-refractivity contribution is -0.0478. The highest BCUT2D eigenvalue weighted by atomic mass is 16.3. The van der Waals surface area contributed by atoms with Crippen molar-refractivity contribution in [2.75, 3.05) is 0 Å². The highest BCUT2D eigenvalue weighted by Gasteiger charge is 2.39. The Labute approximate surface area is 105 Å². The molecule has 1 heteroatoms. The predicted octanol–water partition coefficient (Wildman–Crippen LogP) is 4.21. The van der Waals surface area contributed by atoms with E-state index in [0.717, 1.165) is 19.3 Å². The third-order valence-electron chi connectivity index (χ3n) is 4.31. The molecule has 1 saturated carbocycles. The van der Waals surface area contributed by atoms with Gasteiger partial charge >= 0.3 is 0 Å². The summed E-state index contributed by atoms with van der Waals surface area (Å²) in [6.07, 6.45) is 4.46. The van der Waals surface area contributed by atoms with Gasteiger partial charge in [-0.05, 0) is 35.8 Å². The number of aliphatic hydroxyl groups is 1. The second-order valence-electron chi connectivity index (χ2n) is 5.81. The summed E-state index contributed by atoms with van der Waals surface area (Å²) in [5, 5.41) is 11.0. The van der Waals surface area contributed by atoms with Gasteiger partial charge in [-0.25, -0.2) is 0 Å². The van der Waals surface area contributed by atoms with E-state index in [1.54, 1.807) is 0 Å². The molecule has 0 radical (unpaired) electrons. The van der Waals surface area contributed by atoms with Crippen LogP contribution in [0.1, 0.15) is 63.5 Å². The average Bonchev–Trinajstić information content (AvgIpc) is 2.33. The first-order valence-electron chi connectivity index (χ1n) is 6.87. The van der Waals surface area contributed by atoms with E-state index in [1.165, 1.54) is 17.5 Å². The van der Waals surface area contributed by atoms with E-state index in [2.05, 4.69) is 45.0 Å². The zero-order chi connectivity index (χ0) is 12.5. The van der Waals surface area contributed by atoms with Crippen LogP contribution in [0.4, 0.5) is 0 Å². The summed E-state index contributed by atoms with van der Waals surface area (Å²) in [4.78, 5) is 0. The minimum Gasteiger partial charge on any atom is -0.385 e. The van der Waals surface area contributed by atoms with Crippen LogP contribution in [0.2, 0.25) is 0 Å². The maximum atomic E-state index is 11.0. The van der Waals surface area contributed by atoms with Crippen LogP contribution in [0.3, 0.4) is 0 Å². The van der Waals surface area contributed by atoms with Crippen LogP contribution < -0.4 is 0 Å². The molecule has 0 aromatic heterocycles. The molecule has 2 atom stereocenters. The van der Waals surface area contributed by atoms with Gasteiger partial charge in [-0.3, -0.25) is 0 Å². The molecule has 1 N–H and O–H groups in total. The molecule has 0 amide bonds. The number of hydrogen-bond acceptors (Lipinski definition) is 1. The van der Waals surface area contributed by atoms with Gasteiger partial charge in [-0.2, -0.15) is 0 Å². The van der Waals surface area contributed by atoms with Crippen LogP contribution >= 0.6 is 0 Å². The summed E-state index contributed by atoms with van der Waals surface area (Å²) >= 11 is 0. The summed E-state index contributed by atoms with van der Waals surface area (Å²) < 4.78 is 0. The lowest BCUT2D eigenvalue weighted by Gasteiger charge is -2.40. The third kappa shape index (κ3) is 2.26. The van der Waals surface area contributed by atoms with E-state index in [1.807, 2.05) is 0 Å². The quantitative estimate of drug-likeness (QED) is 0.810. The first-order valence-corrected chi connectivity index (χ1v) is 6.87. The summed E-state index contributed by atoms with van der Waals surface area (Å²) in [7, 11) is 0.